The van der Waals surface area contributed by atoms with Gasteiger partial charge in [0.1, 0.15) is 0 Å². The summed E-state index contributed by atoms with van der Waals surface area (Å²) in [7, 11) is -3.78. The van der Waals surface area contributed by atoms with Gasteiger partial charge in [-0.1, -0.05) is 18.2 Å². The van der Waals surface area contributed by atoms with E-state index in [2.05, 4.69) is 0 Å². The van der Waals surface area contributed by atoms with Gasteiger partial charge in [0.15, 0.2) is 0 Å². The number of halogens is 3. The van der Waals surface area contributed by atoms with Gasteiger partial charge in [0, 0.05) is 26.2 Å². The lowest BCUT2D eigenvalue weighted by molar-refractivity contribution is -0.137. The lowest BCUT2D eigenvalue weighted by Crippen LogP contribution is -2.40. The number of nitrogens with zero attached hydrogens (tertiary/aromatic N) is 2. The van der Waals surface area contributed by atoms with E-state index in [1.807, 2.05) is 0 Å². The molecule has 1 aliphatic heterocycles. The van der Waals surface area contributed by atoms with Gasteiger partial charge in [-0.25, -0.2) is 13.2 Å². The van der Waals surface area contributed by atoms with Gasteiger partial charge in [0.25, 0.3) is 0 Å². The van der Waals surface area contributed by atoms with Crippen LogP contribution < -0.4 is 5.73 Å². The fourth-order valence-electron chi connectivity index (χ4n) is 2.53. The number of amides is 2. The molecule has 2 amide bonds. The van der Waals surface area contributed by atoms with Crippen molar-refractivity contribution >= 4 is 16.1 Å². The molecule has 10 heteroatoms. The summed E-state index contributed by atoms with van der Waals surface area (Å²) in [6.07, 6.45) is -4.10. The summed E-state index contributed by atoms with van der Waals surface area (Å²) in [6, 6.07) is 3.65. The molecule has 1 fully saturated rings. The van der Waals surface area contributed by atoms with Gasteiger partial charge in [0.2, 0.25) is 10.0 Å². The maximum Gasteiger partial charge on any atom is 0.416 e. The average Bonchev–Trinajstić information content (AvgIpc) is 2.72. The molecule has 0 bridgehead atoms. The van der Waals surface area contributed by atoms with Crippen LogP contribution in [0.2, 0.25) is 0 Å². The van der Waals surface area contributed by atoms with Crippen LogP contribution in [-0.4, -0.2) is 49.8 Å². The van der Waals surface area contributed by atoms with Crippen LogP contribution in [0.3, 0.4) is 0 Å². The largest absolute Gasteiger partial charge is 0.416 e. The summed E-state index contributed by atoms with van der Waals surface area (Å²) in [4.78, 5) is 12.5. The van der Waals surface area contributed by atoms with Crippen molar-refractivity contribution < 1.29 is 26.4 Å². The van der Waals surface area contributed by atoms with Crippen molar-refractivity contribution in [3.8, 4) is 0 Å². The fraction of sp³-hybridized carbons (Fsp3) is 0.500. The second kappa shape index (κ2) is 6.98. The van der Waals surface area contributed by atoms with Gasteiger partial charge < -0.3 is 10.6 Å². The second-order valence-electron chi connectivity index (χ2n) is 5.53. The fourth-order valence-corrected chi connectivity index (χ4v) is 4.08. The van der Waals surface area contributed by atoms with E-state index in [9.17, 15) is 26.4 Å². The number of alkyl halides is 3. The van der Waals surface area contributed by atoms with E-state index in [0.29, 0.717) is 13.0 Å². The van der Waals surface area contributed by atoms with Crippen molar-refractivity contribution in [2.45, 2.75) is 18.3 Å². The highest BCUT2D eigenvalue weighted by atomic mass is 32.2. The number of urea groups is 1. The molecule has 1 aromatic rings. The number of carbonyl (C=O) groups excluding carboxylic acids is 1. The quantitative estimate of drug-likeness (QED) is 0.884. The standard InChI is InChI=1S/C14H18F3N3O3S/c15-14(16,17)12-4-1-3-11(9-12)10-24(22,23)20-6-2-5-19(7-8-20)13(18)21/h1,3-4,9H,2,5-8,10H2,(H2,18,21). The highest BCUT2D eigenvalue weighted by molar-refractivity contribution is 7.88. The molecule has 2 N–H and O–H groups in total. The molecule has 1 saturated heterocycles. The summed E-state index contributed by atoms with van der Waals surface area (Å²) in [6.45, 7) is 0.789. The smallest absolute Gasteiger partial charge is 0.351 e. The van der Waals surface area contributed by atoms with Crippen molar-refractivity contribution in [2.75, 3.05) is 26.2 Å². The van der Waals surface area contributed by atoms with Crippen LogP contribution in [0.15, 0.2) is 24.3 Å². The maximum absolute atomic E-state index is 12.7. The normalized spacial score (nSPS) is 17.5. The minimum absolute atomic E-state index is 0.0702. The van der Waals surface area contributed by atoms with Gasteiger partial charge in [-0.15, -0.1) is 0 Å². The summed E-state index contributed by atoms with van der Waals surface area (Å²) in [5.41, 5.74) is 4.37. The first-order chi connectivity index (χ1) is 11.1. The molecule has 1 aromatic carbocycles. The predicted octanol–water partition coefficient (Wildman–Crippen LogP) is 1.62. The van der Waals surface area contributed by atoms with Crippen LogP contribution >= 0.6 is 0 Å². The molecule has 0 atom stereocenters. The van der Waals surface area contributed by atoms with E-state index in [4.69, 9.17) is 5.73 Å². The number of primary amides is 1. The zero-order valence-corrected chi connectivity index (χ0v) is 13.6. The van der Waals surface area contributed by atoms with Crippen LogP contribution in [-0.2, 0) is 22.0 Å². The van der Waals surface area contributed by atoms with E-state index in [0.717, 1.165) is 12.1 Å². The predicted molar refractivity (Wildman–Crippen MR) is 81.4 cm³/mol. The molecule has 0 spiro atoms. The highest BCUT2D eigenvalue weighted by Crippen LogP contribution is 2.30. The van der Waals surface area contributed by atoms with Crippen molar-refractivity contribution in [2.24, 2.45) is 5.73 Å². The van der Waals surface area contributed by atoms with E-state index in [1.54, 1.807) is 0 Å². The number of carbonyl (C=O) groups is 1. The number of sulfonamides is 1. The SMILES string of the molecule is NC(=O)N1CCCN(S(=O)(=O)Cc2cccc(C(F)(F)F)c2)CC1. The minimum atomic E-state index is -4.52. The van der Waals surface area contributed by atoms with E-state index in [-0.39, 0.29) is 25.2 Å². The third-order valence-electron chi connectivity index (χ3n) is 3.76. The summed E-state index contributed by atoms with van der Waals surface area (Å²) >= 11 is 0. The summed E-state index contributed by atoms with van der Waals surface area (Å²) in [5, 5.41) is 0. The van der Waals surface area contributed by atoms with Gasteiger partial charge in [-0.2, -0.15) is 17.5 Å². The molecule has 0 aliphatic carbocycles. The molecule has 1 heterocycles. The lowest BCUT2D eigenvalue weighted by atomic mass is 10.1. The van der Waals surface area contributed by atoms with E-state index >= 15 is 0 Å². The third kappa shape index (κ3) is 4.60. The Kier molecular flexibility index (Phi) is 5.38. The molecule has 2 rings (SSSR count). The number of hydrogen-bond donors (Lipinski definition) is 1. The first kappa shape index (κ1) is 18.5. The first-order valence-electron chi connectivity index (χ1n) is 7.28. The molecule has 0 radical (unpaired) electrons. The molecule has 24 heavy (non-hydrogen) atoms. The summed E-state index contributed by atoms with van der Waals surface area (Å²) < 4.78 is 64.3. The van der Waals surface area contributed by atoms with Gasteiger partial charge in [-0.05, 0) is 18.1 Å². The number of nitrogens with two attached hydrogens (primary N) is 1. The minimum Gasteiger partial charge on any atom is -0.351 e. The van der Waals surface area contributed by atoms with E-state index in [1.165, 1.54) is 21.3 Å². The highest BCUT2D eigenvalue weighted by Gasteiger charge is 2.31. The number of rotatable bonds is 3. The molecule has 134 valence electrons. The summed E-state index contributed by atoms with van der Waals surface area (Å²) in [5.74, 6) is -0.520. The van der Waals surface area contributed by atoms with Crippen molar-refractivity contribution in [3.63, 3.8) is 0 Å². The molecule has 6 nitrogen and oxygen atoms in total. The zero-order chi connectivity index (χ0) is 18.0. The monoisotopic (exact) mass is 365 g/mol. The van der Waals surface area contributed by atoms with Gasteiger partial charge in [0.05, 0.1) is 11.3 Å². The molecule has 1 aliphatic rings. The van der Waals surface area contributed by atoms with Crippen molar-refractivity contribution in [1.82, 2.24) is 9.21 Å². The number of hydrogen-bond acceptors (Lipinski definition) is 3. The van der Waals surface area contributed by atoms with Crippen molar-refractivity contribution in [1.29, 1.82) is 0 Å². The van der Waals surface area contributed by atoms with Gasteiger partial charge >= 0.3 is 12.2 Å². The Hall–Kier alpha value is -1.81. The Morgan fingerprint density at radius 1 is 1.17 bits per heavy atom. The molecule has 0 unspecified atom stereocenters. The van der Waals surface area contributed by atoms with E-state index < -0.39 is 33.5 Å². The topological polar surface area (TPSA) is 83.7 Å². The Morgan fingerprint density at radius 3 is 2.50 bits per heavy atom. The molecular formula is C14H18F3N3O3S. The van der Waals surface area contributed by atoms with Crippen molar-refractivity contribution in [3.05, 3.63) is 35.4 Å². The molecule has 0 saturated carbocycles. The Morgan fingerprint density at radius 2 is 1.88 bits per heavy atom. The van der Waals surface area contributed by atoms with Crippen LogP contribution in [0.4, 0.5) is 18.0 Å². The lowest BCUT2D eigenvalue weighted by Gasteiger charge is -2.21. The average molecular weight is 365 g/mol. The van der Waals surface area contributed by atoms with Crippen LogP contribution in [0.5, 0.6) is 0 Å². The van der Waals surface area contributed by atoms with Crippen LogP contribution in [0.25, 0.3) is 0 Å². The molecular weight excluding hydrogens is 347 g/mol. The van der Waals surface area contributed by atoms with Crippen LogP contribution in [0.1, 0.15) is 17.5 Å². The maximum atomic E-state index is 12.7. The second-order valence-corrected chi connectivity index (χ2v) is 7.50. The first-order valence-corrected chi connectivity index (χ1v) is 8.89. The van der Waals surface area contributed by atoms with Crippen LogP contribution in [0, 0.1) is 0 Å². The Balaban J connectivity index is 2.12. The third-order valence-corrected chi connectivity index (χ3v) is 5.61. The molecule has 0 aromatic heterocycles. The Labute approximate surface area is 138 Å². The number of benzene rings is 1. The Bertz CT molecular complexity index is 707. The van der Waals surface area contributed by atoms with Gasteiger partial charge in [-0.3, -0.25) is 0 Å². The zero-order valence-electron chi connectivity index (χ0n) is 12.8.